The number of fused-ring (bicyclic) bond motifs is 1. The van der Waals surface area contributed by atoms with E-state index in [2.05, 4.69) is 35.8 Å². The van der Waals surface area contributed by atoms with Gasteiger partial charge in [-0.15, -0.1) is 11.3 Å². The van der Waals surface area contributed by atoms with Crippen molar-refractivity contribution in [1.29, 1.82) is 0 Å². The Morgan fingerprint density at radius 1 is 1.23 bits per heavy atom. The molecule has 22 heteroatoms. The molecule has 4 unspecified atom stereocenters. The minimum Gasteiger partial charge on any atom is -0.489 e. The number of hydrogen-bond donors (Lipinski definition) is 6. The van der Waals surface area contributed by atoms with E-state index in [9.17, 15) is 32.5 Å². The van der Waals surface area contributed by atoms with Gasteiger partial charge in [0.1, 0.15) is 42.6 Å². The first-order valence-electron chi connectivity index (χ1n) is 14.3. The third-order valence-corrected chi connectivity index (χ3v) is 9.58. The molecule has 3 fully saturated rings. The van der Waals surface area contributed by atoms with Crippen LogP contribution in [0.2, 0.25) is 0 Å². The molecule has 4 heterocycles. The first-order valence-corrected chi connectivity index (χ1v) is 16.6. The number of β-lactam (4-membered cyclic amide) rings is 1. The lowest BCUT2D eigenvalue weighted by molar-refractivity contribution is -0.152. The maximum absolute atomic E-state index is 13.4. The van der Waals surface area contributed by atoms with Crippen LogP contribution in [0.1, 0.15) is 11.3 Å². The molecule has 3 aromatic rings. The van der Waals surface area contributed by atoms with E-state index in [0.29, 0.717) is 29.0 Å². The molecule has 6 rings (SSSR count). The number of ether oxygens (including phenoxy) is 1. The van der Waals surface area contributed by atoms with Gasteiger partial charge in [0.2, 0.25) is 0 Å². The molecule has 1 saturated carbocycles. The quantitative estimate of drug-likeness (QED) is 0.0338. The molecule has 0 radical (unpaired) electrons. The standard InChI is InChI=1S/C26H29N11O9S2/c27-22(33-19-14-5-29-6-15(14)19)12-1-3-13(4-2-12)45-8-18(25(40)41)46-35-20(16-9-47-26(28)32-16)23(38)34-21-17(7-36-11-30-10-31-36)37(24(21)39)48(42,43)44/h1-4,9-11,14-15,17-19,21,29H,5-8H2,(H2,27,33)(H2,28,32)(H,34,38)(H,40,41)(H,42,43,44)/b35-20-/t14?,15?,17?,18-,19?,21?/m0/s1. The number of oxime groups is 1. The number of thiazole rings is 1. The number of rotatable bonds is 14. The van der Waals surface area contributed by atoms with E-state index in [0.717, 1.165) is 24.4 Å². The van der Waals surface area contributed by atoms with Crippen LogP contribution in [0.5, 0.6) is 5.75 Å². The SMILES string of the molecule is NC(=NC1C2CNCC21)c1ccc(OC[C@H](O/N=C(\C(=O)NC2C(=O)N(S(=O)(=O)O)C2Cn2cncn2)c2csc(N)n2)C(=O)O)cc1. The number of nitrogens with zero attached hydrogens (tertiary/aromatic N) is 7. The van der Waals surface area contributed by atoms with E-state index in [1.807, 2.05) is 0 Å². The third kappa shape index (κ3) is 6.90. The molecule has 1 aliphatic carbocycles. The molecular weight excluding hydrogens is 674 g/mol. The van der Waals surface area contributed by atoms with Crippen LogP contribution in [-0.2, 0) is 36.1 Å². The Labute approximate surface area is 275 Å². The molecule has 2 aliphatic heterocycles. The molecule has 48 heavy (non-hydrogen) atoms. The molecule has 2 amide bonds. The van der Waals surface area contributed by atoms with E-state index in [-0.39, 0.29) is 27.7 Å². The highest BCUT2D eigenvalue weighted by Gasteiger charge is 2.55. The van der Waals surface area contributed by atoms with Gasteiger partial charge in [-0.1, -0.05) is 5.16 Å². The Kier molecular flexibility index (Phi) is 8.96. The fourth-order valence-electron chi connectivity index (χ4n) is 5.44. The van der Waals surface area contributed by atoms with Crippen LogP contribution in [0.15, 0.2) is 52.4 Å². The number of aromatic nitrogens is 4. The lowest BCUT2D eigenvalue weighted by Gasteiger charge is -2.43. The van der Waals surface area contributed by atoms with Crippen LogP contribution in [0.4, 0.5) is 5.13 Å². The highest BCUT2D eigenvalue weighted by molar-refractivity contribution is 7.84. The lowest BCUT2D eigenvalue weighted by atomic mass is 9.98. The van der Waals surface area contributed by atoms with Crippen LogP contribution in [-0.4, -0.2) is 115 Å². The number of piperidine rings is 1. The number of aliphatic carboxylic acids is 1. The number of aliphatic imine (C=N–C) groups is 1. The Hall–Kier alpha value is -5.19. The first-order chi connectivity index (χ1) is 22.9. The van der Waals surface area contributed by atoms with E-state index in [4.69, 9.17) is 21.0 Å². The highest BCUT2D eigenvalue weighted by Crippen LogP contribution is 2.44. The zero-order valence-electron chi connectivity index (χ0n) is 24.7. The van der Waals surface area contributed by atoms with Crippen molar-refractivity contribution in [3.8, 4) is 5.75 Å². The normalized spacial score (nSPS) is 24.4. The number of amides is 2. The van der Waals surface area contributed by atoms with Gasteiger partial charge in [-0.05, 0) is 24.3 Å². The number of carbonyl (C=O) groups is 3. The number of carbonyl (C=O) groups excluding carboxylic acids is 2. The van der Waals surface area contributed by atoms with E-state index >= 15 is 0 Å². The largest absolute Gasteiger partial charge is 0.489 e. The van der Waals surface area contributed by atoms with Crippen molar-refractivity contribution in [3.05, 3.63) is 53.6 Å². The highest BCUT2D eigenvalue weighted by atomic mass is 32.2. The fraction of sp³-hybridized carbons (Fsp3) is 0.385. The van der Waals surface area contributed by atoms with Crippen LogP contribution in [0.3, 0.4) is 0 Å². The molecule has 2 saturated heterocycles. The molecule has 0 spiro atoms. The molecule has 1 aromatic carbocycles. The van der Waals surface area contributed by atoms with Crippen LogP contribution in [0, 0.1) is 11.8 Å². The fourth-order valence-corrected chi connectivity index (χ4v) is 6.86. The maximum atomic E-state index is 13.4. The van der Waals surface area contributed by atoms with Crippen LogP contribution < -0.4 is 26.8 Å². The van der Waals surface area contributed by atoms with Crippen molar-refractivity contribution >= 4 is 56.1 Å². The number of benzene rings is 1. The summed E-state index contributed by atoms with van der Waals surface area (Å²) in [5, 5.41) is 24.3. The summed E-state index contributed by atoms with van der Waals surface area (Å²) in [4.78, 5) is 55.6. The number of carboxylic acids is 1. The number of hydrogen-bond acceptors (Lipinski definition) is 15. The monoisotopic (exact) mass is 703 g/mol. The summed E-state index contributed by atoms with van der Waals surface area (Å²) in [7, 11) is -4.98. The molecule has 254 valence electrons. The second-order valence-electron chi connectivity index (χ2n) is 11.0. The van der Waals surface area contributed by atoms with Gasteiger partial charge < -0.3 is 36.8 Å². The first kappa shape index (κ1) is 32.7. The summed E-state index contributed by atoms with van der Waals surface area (Å²) in [6.45, 7) is 1.07. The van der Waals surface area contributed by atoms with E-state index in [1.54, 1.807) is 24.3 Å². The van der Waals surface area contributed by atoms with Crippen molar-refractivity contribution in [3.63, 3.8) is 0 Å². The van der Waals surface area contributed by atoms with E-state index < -0.39 is 58.6 Å². The molecular formula is C26H29N11O9S2. The molecule has 5 atom stereocenters. The van der Waals surface area contributed by atoms with Gasteiger partial charge in [0.25, 0.3) is 17.9 Å². The predicted molar refractivity (Wildman–Crippen MR) is 166 cm³/mol. The van der Waals surface area contributed by atoms with Crippen molar-refractivity contribution in [1.82, 2.24) is 34.7 Å². The van der Waals surface area contributed by atoms with Gasteiger partial charge in [0.05, 0.1) is 18.6 Å². The van der Waals surface area contributed by atoms with Crippen LogP contribution >= 0.6 is 11.3 Å². The van der Waals surface area contributed by atoms with Gasteiger partial charge in [-0.25, -0.2) is 19.1 Å². The van der Waals surface area contributed by atoms with Gasteiger partial charge in [-0.3, -0.25) is 23.8 Å². The number of amidine groups is 1. The Balaban J connectivity index is 1.13. The number of nitrogens with one attached hydrogen (secondary N) is 2. The third-order valence-electron chi connectivity index (χ3n) is 7.96. The topological polar surface area (TPSA) is 292 Å². The van der Waals surface area contributed by atoms with Crippen molar-refractivity contribution in [2.45, 2.75) is 30.8 Å². The summed E-state index contributed by atoms with van der Waals surface area (Å²) >= 11 is 0.941. The number of anilines is 1. The van der Waals surface area contributed by atoms with Crippen molar-refractivity contribution in [2.24, 2.45) is 27.7 Å². The summed E-state index contributed by atoms with van der Waals surface area (Å²) in [5.74, 6) is -1.97. The second kappa shape index (κ2) is 13.1. The lowest BCUT2D eigenvalue weighted by Crippen LogP contribution is -2.73. The van der Waals surface area contributed by atoms with Gasteiger partial charge in [0.15, 0.2) is 10.8 Å². The zero-order valence-corrected chi connectivity index (χ0v) is 26.3. The number of nitrogen functional groups attached to an aromatic ring is 1. The Morgan fingerprint density at radius 3 is 2.56 bits per heavy atom. The smallest absolute Gasteiger partial charge is 0.362 e. The second-order valence-corrected chi connectivity index (χ2v) is 13.2. The molecule has 2 aromatic heterocycles. The summed E-state index contributed by atoms with van der Waals surface area (Å²) in [6.07, 6.45) is 0.700. The summed E-state index contributed by atoms with van der Waals surface area (Å²) < 4.78 is 40.2. The average Bonchev–Trinajstić information content (AvgIpc) is 3.57. The number of carboxylic acid groups (broad SMARTS) is 1. The molecule has 3 aliphatic rings. The molecule has 8 N–H and O–H groups in total. The molecule has 20 nitrogen and oxygen atoms in total. The van der Waals surface area contributed by atoms with Gasteiger partial charge in [-0.2, -0.15) is 13.5 Å². The Bertz CT molecular complexity index is 1850. The van der Waals surface area contributed by atoms with Crippen LogP contribution in [0.25, 0.3) is 0 Å². The van der Waals surface area contributed by atoms with Crippen molar-refractivity contribution in [2.75, 3.05) is 25.4 Å². The maximum Gasteiger partial charge on any atom is 0.362 e. The van der Waals surface area contributed by atoms with Crippen molar-refractivity contribution < 1.29 is 42.0 Å². The van der Waals surface area contributed by atoms with Gasteiger partial charge >= 0.3 is 16.3 Å². The molecule has 0 bridgehead atoms. The van der Waals surface area contributed by atoms with Gasteiger partial charge in [0, 0.05) is 35.9 Å². The summed E-state index contributed by atoms with van der Waals surface area (Å²) in [6, 6.07) is 4.02. The average molecular weight is 704 g/mol. The minimum absolute atomic E-state index is 0.0380. The minimum atomic E-state index is -4.98. The summed E-state index contributed by atoms with van der Waals surface area (Å²) in [5.41, 5.74) is 11.9. The zero-order chi connectivity index (χ0) is 34.2. The predicted octanol–water partition coefficient (Wildman–Crippen LogP) is -2.31. The Morgan fingerprint density at radius 2 is 1.96 bits per heavy atom. The van der Waals surface area contributed by atoms with E-state index in [1.165, 1.54) is 22.7 Å². The number of nitrogens with two attached hydrogens (primary N) is 2.